The molecule has 0 bridgehead atoms. The van der Waals surface area contributed by atoms with E-state index in [1.807, 2.05) is 0 Å². The Morgan fingerprint density at radius 3 is 2.56 bits per heavy atom. The first kappa shape index (κ1) is 11.5. The molecule has 2 rings (SSSR count). The molecule has 1 saturated carbocycles. The minimum Gasteiger partial charge on any atom is -0.468 e. The van der Waals surface area contributed by atoms with Gasteiger partial charge in [0, 0.05) is 18.8 Å². The van der Waals surface area contributed by atoms with E-state index in [9.17, 15) is 9.59 Å². The van der Waals surface area contributed by atoms with Gasteiger partial charge in [-0.3, -0.25) is 9.59 Å². The maximum Gasteiger partial charge on any atom is 0.316 e. The summed E-state index contributed by atoms with van der Waals surface area (Å²) in [6.45, 7) is 2.84. The van der Waals surface area contributed by atoms with Crippen molar-refractivity contribution in [1.82, 2.24) is 0 Å². The second-order valence-corrected chi connectivity index (χ2v) is 4.40. The number of ether oxygens (including phenoxy) is 3. The van der Waals surface area contributed by atoms with Crippen molar-refractivity contribution in [3.8, 4) is 0 Å². The quantitative estimate of drug-likeness (QED) is 0.483. The lowest BCUT2D eigenvalue weighted by atomic mass is 9.77. The van der Waals surface area contributed by atoms with E-state index in [2.05, 4.69) is 4.74 Å². The van der Waals surface area contributed by atoms with E-state index in [0.29, 0.717) is 19.6 Å². The summed E-state index contributed by atoms with van der Waals surface area (Å²) in [5, 5.41) is 0. The second kappa shape index (κ2) is 4.14. The molecule has 0 N–H and O–H groups in total. The zero-order chi connectivity index (χ0) is 11.8. The maximum absolute atomic E-state index is 11.9. The smallest absolute Gasteiger partial charge is 0.316 e. The minimum atomic E-state index is -0.744. The largest absolute Gasteiger partial charge is 0.468 e. The van der Waals surface area contributed by atoms with Crippen molar-refractivity contribution in [3.05, 3.63) is 0 Å². The zero-order valence-electron chi connectivity index (χ0n) is 9.52. The van der Waals surface area contributed by atoms with Crippen molar-refractivity contribution in [1.29, 1.82) is 0 Å². The predicted molar refractivity (Wildman–Crippen MR) is 53.5 cm³/mol. The van der Waals surface area contributed by atoms with Gasteiger partial charge >= 0.3 is 5.97 Å². The zero-order valence-corrected chi connectivity index (χ0v) is 9.52. The first-order valence-corrected chi connectivity index (χ1v) is 5.47. The number of carbonyl (C=O) groups excluding carboxylic acids is 2. The molecule has 0 amide bonds. The lowest BCUT2D eigenvalue weighted by Gasteiger charge is -2.37. The van der Waals surface area contributed by atoms with Gasteiger partial charge in [-0.05, 0) is 0 Å². The first-order chi connectivity index (χ1) is 7.58. The van der Waals surface area contributed by atoms with E-state index < -0.39 is 17.7 Å². The molecular formula is C11H16O5. The van der Waals surface area contributed by atoms with Crippen LogP contribution in [0.3, 0.4) is 0 Å². The van der Waals surface area contributed by atoms with Crippen LogP contribution in [-0.2, 0) is 23.8 Å². The fourth-order valence-electron chi connectivity index (χ4n) is 2.48. The minimum absolute atomic E-state index is 0.0726. The van der Waals surface area contributed by atoms with Crippen molar-refractivity contribution < 1.29 is 23.8 Å². The van der Waals surface area contributed by atoms with Crippen LogP contribution in [0.1, 0.15) is 19.8 Å². The summed E-state index contributed by atoms with van der Waals surface area (Å²) in [4.78, 5) is 23.4. The van der Waals surface area contributed by atoms with Crippen molar-refractivity contribution in [2.45, 2.75) is 25.6 Å². The van der Waals surface area contributed by atoms with Gasteiger partial charge in [-0.2, -0.15) is 0 Å². The van der Waals surface area contributed by atoms with E-state index >= 15 is 0 Å². The second-order valence-electron chi connectivity index (χ2n) is 4.40. The molecule has 1 aliphatic carbocycles. The van der Waals surface area contributed by atoms with Crippen LogP contribution < -0.4 is 0 Å². The Balaban J connectivity index is 2.18. The predicted octanol–water partition coefficient (Wildman–Crippen LogP) is 0.518. The summed E-state index contributed by atoms with van der Waals surface area (Å²) >= 11 is 0. The maximum atomic E-state index is 11.9. The van der Waals surface area contributed by atoms with E-state index in [4.69, 9.17) is 9.47 Å². The molecule has 0 aromatic rings. The van der Waals surface area contributed by atoms with Gasteiger partial charge < -0.3 is 14.2 Å². The highest BCUT2D eigenvalue weighted by atomic mass is 16.7. The Morgan fingerprint density at radius 2 is 2.00 bits per heavy atom. The van der Waals surface area contributed by atoms with Crippen LogP contribution in [0.25, 0.3) is 0 Å². The summed E-state index contributed by atoms with van der Waals surface area (Å²) in [6, 6.07) is 0. The van der Waals surface area contributed by atoms with Crippen LogP contribution in [0.4, 0.5) is 0 Å². The van der Waals surface area contributed by atoms with E-state index in [1.54, 1.807) is 6.92 Å². The van der Waals surface area contributed by atoms with Crippen LogP contribution >= 0.6 is 0 Å². The summed E-state index contributed by atoms with van der Waals surface area (Å²) in [6.07, 6.45) is 0.808. The van der Waals surface area contributed by atoms with Gasteiger partial charge in [-0.1, -0.05) is 6.92 Å². The molecular weight excluding hydrogens is 212 g/mol. The molecule has 0 radical (unpaired) electrons. The van der Waals surface area contributed by atoms with E-state index in [0.717, 1.165) is 0 Å². The van der Waals surface area contributed by atoms with Crippen molar-refractivity contribution in [3.63, 3.8) is 0 Å². The van der Waals surface area contributed by atoms with Gasteiger partial charge in [-0.15, -0.1) is 0 Å². The molecule has 5 nitrogen and oxygen atoms in total. The van der Waals surface area contributed by atoms with Gasteiger partial charge in [0.2, 0.25) is 0 Å². The topological polar surface area (TPSA) is 61.8 Å². The van der Waals surface area contributed by atoms with Crippen molar-refractivity contribution >= 4 is 11.8 Å². The van der Waals surface area contributed by atoms with E-state index in [1.165, 1.54) is 7.11 Å². The van der Waals surface area contributed by atoms with Crippen molar-refractivity contribution in [2.75, 3.05) is 20.3 Å². The first-order valence-electron chi connectivity index (χ1n) is 5.47. The number of carbonyl (C=O) groups is 2. The molecule has 1 spiro atoms. The third kappa shape index (κ3) is 1.85. The van der Waals surface area contributed by atoms with Gasteiger partial charge in [0.15, 0.2) is 5.79 Å². The van der Waals surface area contributed by atoms with E-state index in [-0.39, 0.29) is 18.1 Å². The third-order valence-electron chi connectivity index (χ3n) is 3.26. The molecule has 0 aromatic carbocycles. The summed E-state index contributed by atoms with van der Waals surface area (Å²) < 4.78 is 15.7. The molecule has 2 aliphatic rings. The normalized spacial score (nSPS) is 33.0. The van der Waals surface area contributed by atoms with Gasteiger partial charge in [0.25, 0.3) is 0 Å². The Labute approximate surface area is 94.0 Å². The average molecular weight is 228 g/mol. The van der Waals surface area contributed by atoms with Crippen LogP contribution in [0.2, 0.25) is 0 Å². The number of rotatable bonds is 1. The van der Waals surface area contributed by atoms with Gasteiger partial charge in [-0.25, -0.2) is 0 Å². The Morgan fingerprint density at radius 1 is 1.38 bits per heavy atom. The SMILES string of the molecule is COC(=O)C1CC2(CC(C)C1=O)OCCO2. The van der Waals surface area contributed by atoms with Crippen LogP contribution in [0.5, 0.6) is 0 Å². The molecule has 1 saturated heterocycles. The number of Topliss-reactive ketones (excluding diaryl/α,β-unsaturated/α-hetero) is 1. The van der Waals surface area contributed by atoms with Crippen LogP contribution in [0, 0.1) is 11.8 Å². The average Bonchev–Trinajstić information content (AvgIpc) is 2.71. The number of ketones is 1. The highest BCUT2D eigenvalue weighted by Crippen LogP contribution is 2.40. The molecule has 5 heteroatoms. The van der Waals surface area contributed by atoms with Crippen LogP contribution in [0.15, 0.2) is 0 Å². The lowest BCUT2D eigenvalue weighted by Crippen LogP contribution is -2.47. The van der Waals surface area contributed by atoms with Crippen LogP contribution in [-0.4, -0.2) is 37.9 Å². The molecule has 0 aromatic heterocycles. The standard InChI is InChI=1S/C11H16O5/c1-7-5-11(15-3-4-16-11)6-8(9(7)12)10(13)14-2/h7-8H,3-6H2,1-2H3. The molecule has 2 atom stereocenters. The summed E-state index contributed by atoms with van der Waals surface area (Å²) in [5.41, 5.74) is 0. The molecule has 1 aliphatic heterocycles. The Kier molecular flexibility index (Phi) is 2.99. The molecule has 2 unspecified atom stereocenters. The number of hydrogen-bond acceptors (Lipinski definition) is 5. The third-order valence-corrected chi connectivity index (χ3v) is 3.26. The van der Waals surface area contributed by atoms with Gasteiger partial charge in [0.05, 0.1) is 20.3 Å². The summed E-state index contributed by atoms with van der Waals surface area (Å²) in [7, 11) is 1.29. The Bertz CT molecular complexity index is 305. The monoisotopic (exact) mass is 228 g/mol. The van der Waals surface area contributed by atoms with Gasteiger partial charge in [0.1, 0.15) is 11.7 Å². The fraction of sp³-hybridized carbons (Fsp3) is 0.818. The molecule has 1 heterocycles. The summed E-state index contributed by atoms with van der Waals surface area (Å²) in [5.74, 6) is -2.28. The molecule has 2 fully saturated rings. The number of hydrogen-bond donors (Lipinski definition) is 0. The Hall–Kier alpha value is -0.940. The number of methoxy groups -OCH3 is 1. The molecule has 90 valence electrons. The highest BCUT2D eigenvalue weighted by molar-refractivity contribution is 6.00. The highest BCUT2D eigenvalue weighted by Gasteiger charge is 2.50. The fourth-order valence-corrected chi connectivity index (χ4v) is 2.48. The van der Waals surface area contributed by atoms with Crippen molar-refractivity contribution in [2.24, 2.45) is 11.8 Å². The molecule has 16 heavy (non-hydrogen) atoms. The number of esters is 1. The lowest BCUT2D eigenvalue weighted by molar-refractivity contribution is -0.202.